The third-order valence-corrected chi connectivity index (χ3v) is 5.91. The van der Waals surface area contributed by atoms with E-state index in [-0.39, 0.29) is 5.75 Å². The van der Waals surface area contributed by atoms with Crippen LogP contribution < -0.4 is 0 Å². The molecule has 2 aromatic heterocycles. The Labute approximate surface area is 192 Å². The van der Waals surface area contributed by atoms with Crippen LogP contribution >= 0.6 is 0 Å². The quantitative estimate of drug-likeness (QED) is 0.368. The monoisotopic (exact) mass is 430 g/mol. The first-order valence-corrected chi connectivity index (χ1v) is 10.9. The van der Waals surface area contributed by atoms with E-state index in [4.69, 9.17) is 10.1 Å². The molecule has 0 radical (unpaired) electrons. The minimum atomic E-state index is 0.112. The first kappa shape index (κ1) is 20.5. The number of fused-ring (bicyclic) bond motifs is 1. The Morgan fingerprint density at radius 1 is 0.939 bits per heavy atom. The highest BCUT2D eigenvalue weighted by Gasteiger charge is 2.24. The van der Waals surface area contributed by atoms with Gasteiger partial charge in [-0.05, 0) is 37.1 Å². The van der Waals surface area contributed by atoms with E-state index in [1.54, 1.807) is 16.8 Å². The maximum Gasteiger partial charge on any atom is 0.164 e. The van der Waals surface area contributed by atoms with Gasteiger partial charge < -0.3 is 5.11 Å². The second-order valence-corrected chi connectivity index (χ2v) is 7.92. The summed E-state index contributed by atoms with van der Waals surface area (Å²) in [5.41, 5.74) is 6.55. The van der Waals surface area contributed by atoms with Gasteiger partial charge in [0.2, 0.25) is 0 Å². The van der Waals surface area contributed by atoms with Crippen LogP contribution in [0.1, 0.15) is 23.7 Å². The molecule has 0 unspecified atom stereocenters. The molecule has 0 atom stereocenters. The number of hydrogen-bond acceptors (Lipinski definition) is 4. The van der Waals surface area contributed by atoms with E-state index in [9.17, 15) is 10.4 Å². The van der Waals surface area contributed by atoms with Gasteiger partial charge in [-0.1, -0.05) is 67.6 Å². The number of nitriles is 1. The van der Waals surface area contributed by atoms with Gasteiger partial charge in [-0.2, -0.15) is 10.4 Å². The number of para-hydroxylation sites is 2. The summed E-state index contributed by atoms with van der Waals surface area (Å²) in [6.45, 7) is 4.02. The van der Waals surface area contributed by atoms with Crippen LogP contribution in [-0.2, 0) is 6.42 Å². The van der Waals surface area contributed by atoms with Gasteiger partial charge in [-0.25, -0.2) is 9.67 Å². The number of aromatic nitrogens is 3. The fourth-order valence-electron chi connectivity index (χ4n) is 4.24. The van der Waals surface area contributed by atoms with E-state index >= 15 is 0 Å². The molecule has 5 rings (SSSR count). The molecule has 33 heavy (non-hydrogen) atoms. The number of rotatable bonds is 4. The van der Waals surface area contributed by atoms with Crippen molar-refractivity contribution >= 4 is 11.0 Å². The van der Waals surface area contributed by atoms with E-state index in [2.05, 4.69) is 25.1 Å². The number of aryl methyl sites for hydroxylation is 2. The van der Waals surface area contributed by atoms with Crippen molar-refractivity contribution in [2.24, 2.45) is 0 Å². The highest BCUT2D eigenvalue weighted by molar-refractivity contribution is 6.02. The predicted octanol–water partition coefficient (Wildman–Crippen LogP) is 6.20. The van der Waals surface area contributed by atoms with Crippen LogP contribution in [0, 0.1) is 18.3 Å². The molecule has 0 amide bonds. The van der Waals surface area contributed by atoms with Crippen LogP contribution in [-0.4, -0.2) is 19.9 Å². The largest absolute Gasteiger partial charge is 0.507 e. The lowest BCUT2D eigenvalue weighted by atomic mass is 9.92. The molecule has 0 aliphatic rings. The van der Waals surface area contributed by atoms with E-state index < -0.39 is 0 Å². The van der Waals surface area contributed by atoms with Gasteiger partial charge >= 0.3 is 0 Å². The lowest BCUT2D eigenvalue weighted by Gasteiger charge is -2.14. The molecule has 5 heteroatoms. The van der Waals surface area contributed by atoms with E-state index in [0.29, 0.717) is 28.0 Å². The van der Waals surface area contributed by atoms with Crippen molar-refractivity contribution in [1.82, 2.24) is 14.8 Å². The molecule has 5 aromatic rings. The number of benzene rings is 3. The zero-order chi connectivity index (χ0) is 22.9. The van der Waals surface area contributed by atoms with Crippen LogP contribution in [0.2, 0.25) is 0 Å². The summed E-state index contributed by atoms with van der Waals surface area (Å²) in [7, 11) is 0. The smallest absolute Gasteiger partial charge is 0.164 e. The van der Waals surface area contributed by atoms with Crippen molar-refractivity contribution in [3.05, 3.63) is 95.7 Å². The molecular weight excluding hydrogens is 408 g/mol. The molecule has 0 saturated heterocycles. The molecule has 160 valence electrons. The Morgan fingerprint density at radius 2 is 1.64 bits per heavy atom. The molecule has 5 nitrogen and oxygen atoms in total. The Balaban J connectivity index is 1.93. The van der Waals surface area contributed by atoms with Crippen molar-refractivity contribution in [2.75, 3.05) is 0 Å². The van der Waals surface area contributed by atoms with E-state index in [0.717, 1.165) is 28.8 Å². The zero-order valence-electron chi connectivity index (χ0n) is 18.4. The third kappa shape index (κ3) is 3.42. The Morgan fingerprint density at radius 3 is 2.30 bits per heavy atom. The van der Waals surface area contributed by atoms with E-state index in [1.807, 2.05) is 61.5 Å². The minimum absolute atomic E-state index is 0.112. The van der Waals surface area contributed by atoms with Crippen LogP contribution in [0.25, 0.3) is 39.1 Å². The van der Waals surface area contributed by atoms with Gasteiger partial charge in [-0.15, -0.1) is 0 Å². The standard InChI is InChI=1S/C28H22N4O/c1-3-19-13-15-20(16-14-19)27-23(17-29)26(22-11-7-8-12-24(22)33)25-18(2)31-32(28(25)30-27)21-9-5-4-6-10-21/h4-16,33H,3H2,1-2H3. The molecule has 0 fully saturated rings. The fourth-order valence-corrected chi connectivity index (χ4v) is 4.24. The minimum Gasteiger partial charge on any atom is -0.507 e. The van der Waals surface area contributed by atoms with Crippen molar-refractivity contribution in [2.45, 2.75) is 20.3 Å². The molecule has 1 N–H and O–H groups in total. The molecule has 0 aliphatic heterocycles. The Kier molecular flexibility index (Phi) is 5.12. The summed E-state index contributed by atoms with van der Waals surface area (Å²) < 4.78 is 1.80. The molecule has 0 saturated carbocycles. The summed E-state index contributed by atoms with van der Waals surface area (Å²) in [5, 5.41) is 26.6. The molecule has 2 heterocycles. The summed E-state index contributed by atoms with van der Waals surface area (Å²) in [4.78, 5) is 4.98. The Bertz CT molecular complexity index is 1510. The zero-order valence-corrected chi connectivity index (χ0v) is 18.4. The van der Waals surface area contributed by atoms with Gasteiger partial charge in [0.25, 0.3) is 0 Å². The van der Waals surface area contributed by atoms with Crippen LogP contribution in [0.15, 0.2) is 78.9 Å². The third-order valence-electron chi connectivity index (χ3n) is 5.91. The number of aromatic hydroxyl groups is 1. The maximum atomic E-state index is 10.7. The van der Waals surface area contributed by atoms with Crippen molar-refractivity contribution < 1.29 is 5.11 Å². The SMILES string of the molecule is CCc1ccc(-c2nc3c(c(C)nn3-c3ccccc3)c(-c3ccccc3O)c2C#N)cc1. The molecule has 0 spiro atoms. The van der Waals surface area contributed by atoms with Gasteiger partial charge in [0, 0.05) is 16.7 Å². The number of hydrogen-bond donors (Lipinski definition) is 1. The average Bonchev–Trinajstić information content (AvgIpc) is 3.20. The summed E-state index contributed by atoms with van der Waals surface area (Å²) >= 11 is 0. The molecule has 0 aliphatic carbocycles. The van der Waals surface area contributed by atoms with Gasteiger partial charge in [0.05, 0.1) is 28.0 Å². The fraction of sp³-hybridized carbons (Fsp3) is 0.107. The second kappa shape index (κ2) is 8.25. The summed E-state index contributed by atoms with van der Waals surface area (Å²) in [6, 6.07) is 27.4. The van der Waals surface area contributed by atoms with Crippen LogP contribution in [0.4, 0.5) is 0 Å². The molecule has 3 aromatic carbocycles. The van der Waals surface area contributed by atoms with Gasteiger partial charge in [0.15, 0.2) is 5.65 Å². The highest BCUT2D eigenvalue weighted by Crippen LogP contribution is 2.41. The number of phenolic OH excluding ortho intramolecular Hbond substituents is 1. The highest BCUT2D eigenvalue weighted by atomic mass is 16.3. The van der Waals surface area contributed by atoms with Crippen molar-refractivity contribution in [3.63, 3.8) is 0 Å². The molecule has 0 bridgehead atoms. The van der Waals surface area contributed by atoms with Crippen molar-refractivity contribution in [1.29, 1.82) is 5.26 Å². The lowest BCUT2D eigenvalue weighted by Crippen LogP contribution is -2.01. The normalized spacial score (nSPS) is 10.9. The topological polar surface area (TPSA) is 74.7 Å². The maximum absolute atomic E-state index is 10.7. The van der Waals surface area contributed by atoms with E-state index in [1.165, 1.54) is 5.56 Å². The average molecular weight is 431 g/mol. The predicted molar refractivity (Wildman–Crippen MR) is 130 cm³/mol. The number of pyridine rings is 1. The number of phenols is 1. The van der Waals surface area contributed by atoms with Gasteiger partial charge in [-0.3, -0.25) is 0 Å². The summed E-state index contributed by atoms with van der Waals surface area (Å²) in [6.07, 6.45) is 0.932. The first-order valence-electron chi connectivity index (χ1n) is 10.9. The Hall–Kier alpha value is -4.43. The summed E-state index contributed by atoms with van der Waals surface area (Å²) in [5.74, 6) is 0.112. The number of nitrogens with zero attached hydrogens (tertiary/aromatic N) is 4. The van der Waals surface area contributed by atoms with Crippen LogP contribution in [0.3, 0.4) is 0 Å². The lowest BCUT2D eigenvalue weighted by molar-refractivity contribution is 0.477. The van der Waals surface area contributed by atoms with Gasteiger partial charge in [0.1, 0.15) is 11.8 Å². The van der Waals surface area contributed by atoms with Crippen molar-refractivity contribution in [3.8, 4) is 39.9 Å². The first-order chi connectivity index (χ1) is 16.1. The second-order valence-electron chi connectivity index (χ2n) is 7.92. The molecular formula is C28H22N4O. The van der Waals surface area contributed by atoms with Crippen LogP contribution in [0.5, 0.6) is 5.75 Å².